The molecule has 1 aromatic rings. The van der Waals surface area contributed by atoms with Crippen molar-refractivity contribution < 1.29 is 14.7 Å². The van der Waals surface area contributed by atoms with E-state index in [4.69, 9.17) is 16.7 Å². The molecule has 6 heteroatoms. The summed E-state index contributed by atoms with van der Waals surface area (Å²) in [6.07, 6.45) is -0.0290. The van der Waals surface area contributed by atoms with Gasteiger partial charge >= 0.3 is 12.0 Å². The zero-order valence-electron chi connectivity index (χ0n) is 9.07. The van der Waals surface area contributed by atoms with Gasteiger partial charge in [-0.3, -0.25) is 4.79 Å². The topological polar surface area (TPSA) is 78.4 Å². The molecule has 0 atom stereocenters. The maximum Gasteiger partial charge on any atom is 0.319 e. The van der Waals surface area contributed by atoms with Crippen molar-refractivity contribution in [3.8, 4) is 0 Å². The van der Waals surface area contributed by atoms with Crippen LogP contribution in [0, 0.1) is 0 Å². The maximum absolute atomic E-state index is 11.3. The minimum Gasteiger partial charge on any atom is -0.481 e. The highest BCUT2D eigenvalue weighted by Gasteiger charge is 2.02. The average molecular weight is 257 g/mol. The Morgan fingerprint density at radius 2 is 1.88 bits per heavy atom. The number of carboxylic acid groups (broad SMARTS) is 1. The van der Waals surface area contributed by atoms with E-state index in [1.807, 2.05) is 0 Å². The summed E-state index contributed by atoms with van der Waals surface area (Å²) >= 11 is 5.42. The number of anilines is 1. The molecule has 0 aliphatic heterocycles. The first-order valence-corrected chi connectivity index (χ1v) is 5.57. The number of rotatable bonds is 5. The summed E-state index contributed by atoms with van der Waals surface area (Å²) in [5.74, 6) is -0.532. The first kappa shape index (κ1) is 13.3. The highest BCUT2D eigenvalue weighted by atomic mass is 35.5. The summed E-state index contributed by atoms with van der Waals surface area (Å²) in [6, 6.07) is 6.28. The monoisotopic (exact) mass is 256 g/mol. The number of hydrogen-bond donors (Lipinski definition) is 3. The number of halogens is 1. The first-order valence-electron chi connectivity index (χ1n) is 5.03. The lowest BCUT2D eigenvalue weighted by Crippen LogP contribution is -2.30. The van der Waals surface area contributed by atoms with E-state index in [1.165, 1.54) is 0 Å². The summed E-state index contributed by atoms with van der Waals surface area (Å²) in [7, 11) is 0. The Bertz CT molecular complexity index is 392. The second-order valence-corrected chi connectivity index (χ2v) is 3.72. The summed E-state index contributed by atoms with van der Waals surface area (Å²) < 4.78 is 0. The number of aliphatic carboxylic acids is 1. The Kier molecular flexibility index (Phi) is 5.29. The van der Waals surface area contributed by atoms with Crippen molar-refractivity contribution in [2.75, 3.05) is 17.7 Å². The SMILES string of the molecule is O=C(O)Cc1ccc(NC(=O)NCCCl)cc1. The van der Waals surface area contributed by atoms with Gasteiger partial charge in [0.15, 0.2) is 0 Å². The molecular formula is C11H13ClN2O3. The highest BCUT2D eigenvalue weighted by Crippen LogP contribution is 2.09. The zero-order valence-corrected chi connectivity index (χ0v) is 9.83. The largest absolute Gasteiger partial charge is 0.481 e. The third-order valence-electron chi connectivity index (χ3n) is 1.95. The van der Waals surface area contributed by atoms with E-state index in [-0.39, 0.29) is 12.5 Å². The van der Waals surface area contributed by atoms with Gasteiger partial charge in [0.05, 0.1) is 6.42 Å². The van der Waals surface area contributed by atoms with E-state index < -0.39 is 5.97 Å². The van der Waals surface area contributed by atoms with E-state index in [9.17, 15) is 9.59 Å². The van der Waals surface area contributed by atoms with Gasteiger partial charge in [0.25, 0.3) is 0 Å². The number of carbonyl (C=O) groups is 2. The molecule has 1 rings (SSSR count). The van der Waals surface area contributed by atoms with Crippen molar-refractivity contribution in [3.63, 3.8) is 0 Å². The Morgan fingerprint density at radius 3 is 2.41 bits per heavy atom. The van der Waals surface area contributed by atoms with E-state index in [0.717, 1.165) is 0 Å². The number of nitrogens with one attached hydrogen (secondary N) is 2. The quantitative estimate of drug-likeness (QED) is 0.702. The highest BCUT2D eigenvalue weighted by molar-refractivity contribution is 6.18. The van der Waals surface area contributed by atoms with Crippen molar-refractivity contribution >= 4 is 29.3 Å². The van der Waals surface area contributed by atoms with Crippen LogP contribution in [0.5, 0.6) is 0 Å². The predicted octanol–water partition coefficient (Wildman–Crippen LogP) is 1.67. The molecule has 0 radical (unpaired) electrons. The summed E-state index contributed by atoms with van der Waals surface area (Å²) in [5.41, 5.74) is 1.29. The lowest BCUT2D eigenvalue weighted by Gasteiger charge is -2.06. The summed E-state index contributed by atoms with van der Waals surface area (Å²) in [6.45, 7) is 0.393. The van der Waals surface area contributed by atoms with Crippen molar-refractivity contribution in [1.29, 1.82) is 0 Å². The Morgan fingerprint density at radius 1 is 1.24 bits per heavy atom. The molecule has 0 aliphatic carbocycles. The second kappa shape index (κ2) is 6.75. The first-order chi connectivity index (χ1) is 8.11. The van der Waals surface area contributed by atoms with Crippen LogP contribution in [0.3, 0.4) is 0 Å². The number of carbonyl (C=O) groups excluding carboxylic acids is 1. The maximum atomic E-state index is 11.3. The summed E-state index contributed by atoms with van der Waals surface area (Å²) in [5, 5.41) is 13.7. The van der Waals surface area contributed by atoms with Gasteiger partial charge < -0.3 is 15.7 Å². The Labute approximate surface area is 104 Å². The lowest BCUT2D eigenvalue weighted by molar-refractivity contribution is -0.136. The van der Waals surface area contributed by atoms with Crippen molar-refractivity contribution in [1.82, 2.24) is 5.32 Å². The molecule has 5 nitrogen and oxygen atoms in total. The van der Waals surface area contributed by atoms with E-state index in [1.54, 1.807) is 24.3 Å². The van der Waals surface area contributed by atoms with Crippen LogP contribution in [0.15, 0.2) is 24.3 Å². The molecular weight excluding hydrogens is 244 g/mol. The summed E-state index contributed by atoms with van der Waals surface area (Å²) in [4.78, 5) is 21.7. The van der Waals surface area contributed by atoms with Crippen LogP contribution >= 0.6 is 11.6 Å². The molecule has 0 bridgehead atoms. The number of hydrogen-bond acceptors (Lipinski definition) is 2. The van der Waals surface area contributed by atoms with E-state index in [2.05, 4.69) is 10.6 Å². The molecule has 92 valence electrons. The minimum atomic E-state index is -0.884. The van der Waals surface area contributed by atoms with Gasteiger partial charge in [-0.25, -0.2) is 4.79 Å². The number of carboxylic acids is 1. The molecule has 2 amide bonds. The van der Waals surface area contributed by atoms with Gasteiger partial charge in [0.2, 0.25) is 0 Å². The Balaban J connectivity index is 2.50. The van der Waals surface area contributed by atoms with Crippen LogP contribution in [0.2, 0.25) is 0 Å². The van der Waals surface area contributed by atoms with Crippen LogP contribution in [-0.2, 0) is 11.2 Å². The van der Waals surface area contributed by atoms with Crippen molar-refractivity contribution in [3.05, 3.63) is 29.8 Å². The number of alkyl halides is 1. The lowest BCUT2D eigenvalue weighted by atomic mass is 10.1. The van der Waals surface area contributed by atoms with Crippen LogP contribution < -0.4 is 10.6 Å². The molecule has 0 saturated carbocycles. The number of benzene rings is 1. The molecule has 1 aromatic carbocycles. The number of amides is 2. The van der Waals surface area contributed by atoms with Gasteiger partial charge in [-0.2, -0.15) is 0 Å². The van der Waals surface area contributed by atoms with Crippen LogP contribution in [0.1, 0.15) is 5.56 Å². The van der Waals surface area contributed by atoms with Gasteiger partial charge in [0.1, 0.15) is 0 Å². The molecule has 0 saturated heterocycles. The third kappa shape index (κ3) is 5.21. The average Bonchev–Trinajstić information content (AvgIpc) is 2.28. The van der Waals surface area contributed by atoms with Gasteiger partial charge in [-0.1, -0.05) is 12.1 Å². The molecule has 0 aromatic heterocycles. The van der Waals surface area contributed by atoms with Gasteiger partial charge in [-0.05, 0) is 17.7 Å². The van der Waals surface area contributed by atoms with Crippen LogP contribution in [0.4, 0.5) is 10.5 Å². The van der Waals surface area contributed by atoms with E-state index >= 15 is 0 Å². The fraction of sp³-hybridized carbons (Fsp3) is 0.273. The fourth-order valence-corrected chi connectivity index (χ4v) is 1.31. The molecule has 0 heterocycles. The third-order valence-corrected chi connectivity index (χ3v) is 2.14. The second-order valence-electron chi connectivity index (χ2n) is 3.34. The normalized spacial score (nSPS) is 9.71. The van der Waals surface area contributed by atoms with E-state index in [0.29, 0.717) is 23.7 Å². The number of urea groups is 1. The smallest absolute Gasteiger partial charge is 0.319 e. The predicted molar refractivity (Wildman–Crippen MR) is 65.5 cm³/mol. The molecule has 0 fully saturated rings. The molecule has 0 unspecified atom stereocenters. The van der Waals surface area contributed by atoms with Crippen molar-refractivity contribution in [2.45, 2.75) is 6.42 Å². The minimum absolute atomic E-state index is 0.0290. The molecule has 0 spiro atoms. The van der Waals surface area contributed by atoms with Crippen LogP contribution in [-0.4, -0.2) is 29.5 Å². The standard InChI is InChI=1S/C11H13ClN2O3/c12-5-6-13-11(17)14-9-3-1-8(2-4-9)7-10(15)16/h1-4H,5-7H2,(H,15,16)(H2,13,14,17). The van der Waals surface area contributed by atoms with Crippen molar-refractivity contribution in [2.24, 2.45) is 0 Å². The zero-order chi connectivity index (χ0) is 12.7. The fourth-order valence-electron chi connectivity index (χ4n) is 1.22. The Hall–Kier alpha value is -1.75. The van der Waals surface area contributed by atoms with Crippen LogP contribution in [0.25, 0.3) is 0 Å². The molecule has 0 aliphatic rings. The molecule has 17 heavy (non-hydrogen) atoms. The van der Waals surface area contributed by atoms with Gasteiger partial charge in [-0.15, -0.1) is 11.6 Å². The van der Waals surface area contributed by atoms with Gasteiger partial charge in [0, 0.05) is 18.1 Å². The molecule has 3 N–H and O–H groups in total.